The molecule has 2 heterocycles. The van der Waals surface area contributed by atoms with Crippen LogP contribution in [0.2, 0.25) is 0 Å². The first kappa shape index (κ1) is 17.0. The zero-order valence-corrected chi connectivity index (χ0v) is 15.3. The zero-order chi connectivity index (χ0) is 17.7. The second kappa shape index (κ2) is 5.58. The maximum absolute atomic E-state index is 12.3. The first-order chi connectivity index (χ1) is 11.1. The smallest absolute Gasteiger partial charge is 0.228 e. The van der Waals surface area contributed by atoms with E-state index in [1.165, 1.54) is 0 Å². The van der Waals surface area contributed by atoms with Gasteiger partial charge in [0, 0.05) is 18.2 Å². The van der Waals surface area contributed by atoms with Crippen molar-refractivity contribution < 1.29 is 13.2 Å². The highest BCUT2D eigenvalue weighted by molar-refractivity contribution is 7.91. The van der Waals surface area contributed by atoms with E-state index in [0.29, 0.717) is 12.1 Å². The number of benzene rings is 1. The molecule has 3 rings (SSSR count). The van der Waals surface area contributed by atoms with Crippen LogP contribution < -0.4 is 5.32 Å². The van der Waals surface area contributed by atoms with Crippen LogP contribution in [0.1, 0.15) is 33.0 Å². The maximum Gasteiger partial charge on any atom is 0.228 e. The molecule has 1 fully saturated rings. The van der Waals surface area contributed by atoms with E-state index in [2.05, 4.69) is 35.6 Å². The Hall–Kier alpha value is -1.89. The van der Waals surface area contributed by atoms with Gasteiger partial charge in [-0.05, 0) is 24.6 Å². The molecule has 1 N–H and O–H groups in total. The molecule has 0 bridgehead atoms. The first-order valence-electron chi connectivity index (χ1n) is 8.05. The second-order valence-electron chi connectivity index (χ2n) is 7.54. The lowest BCUT2D eigenvalue weighted by atomic mass is 9.96. The largest absolute Gasteiger partial charge is 0.331 e. The van der Waals surface area contributed by atoms with E-state index in [4.69, 9.17) is 0 Å². The fourth-order valence-corrected chi connectivity index (χ4v) is 4.94. The molecule has 2 aromatic rings. The Morgan fingerprint density at radius 1 is 1.33 bits per heavy atom. The van der Waals surface area contributed by atoms with Gasteiger partial charge in [0.25, 0.3) is 0 Å². The summed E-state index contributed by atoms with van der Waals surface area (Å²) in [4.78, 5) is 17.0. The van der Waals surface area contributed by atoms with E-state index in [0.717, 1.165) is 16.9 Å². The number of sulfone groups is 1. The molecule has 1 aliphatic heterocycles. The molecule has 1 aromatic heterocycles. The summed E-state index contributed by atoms with van der Waals surface area (Å²) in [6.07, 6.45) is 0.397. The SMILES string of the molecule is Cn1c(C(C)(C)C)nc2cc(NC(=O)[C@@H]3CCS(=O)(=O)C3)ccc21. The van der Waals surface area contributed by atoms with E-state index < -0.39 is 15.8 Å². The Kier molecular flexibility index (Phi) is 3.94. The molecule has 0 radical (unpaired) electrons. The van der Waals surface area contributed by atoms with Crippen LogP contribution in [-0.4, -0.2) is 35.4 Å². The summed E-state index contributed by atoms with van der Waals surface area (Å²) in [7, 11) is -1.08. The third-order valence-corrected chi connectivity index (χ3v) is 6.19. The van der Waals surface area contributed by atoms with Crippen LogP contribution >= 0.6 is 0 Å². The molecular weight excluding hydrogens is 326 g/mol. The van der Waals surface area contributed by atoms with Gasteiger partial charge < -0.3 is 9.88 Å². The number of nitrogens with zero attached hydrogens (tertiary/aromatic N) is 2. The van der Waals surface area contributed by atoms with Crippen LogP contribution in [0, 0.1) is 5.92 Å². The van der Waals surface area contributed by atoms with Crippen LogP contribution in [0.5, 0.6) is 0 Å². The molecule has 130 valence electrons. The van der Waals surface area contributed by atoms with Gasteiger partial charge in [0.05, 0.1) is 28.5 Å². The van der Waals surface area contributed by atoms with Crippen molar-refractivity contribution in [3.63, 3.8) is 0 Å². The first-order valence-corrected chi connectivity index (χ1v) is 9.87. The molecule has 1 atom stereocenters. The molecule has 24 heavy (non-hydrogen) atoms. The van der Waals surface area contributed by atoms with Gasteiger partial charge in [0.1, 0.15) is 5.82 Å². The number of aromatic nitrogens is 2. The van der Waals surface area contributed by atoms with Gasteiger partial charge in [-0.3, -0.25) is 4.79 Å². The van der Waals surface area contributed by atoms with Gasteiger partial charge in [-0.2, -0.15) is 0 Å². The number of imidazole rings is 1. The van der Waals surface area contributed by atoms with Gasteiger partial charge in [-0.25, -0.2) is 13.4 Å². The zero-order valence-electron chi connectivity index (χ0n) is 14.5. The Morgan fingerprint density at radius 3 is 2.62 bits per heavy atom. The number of fused-ring (bicyclic) bond motifs is 1. The molecule has 1 amide bonds. The summed E-state index contributed by atoms with van der Waals surface area (Å²) in [6, 6.07) is 5.60. The second-order valence-corrected chi connectivity index (χ2v) is 9.77. The van der Waals surface area contributed by atoms with Crippen molar-refractivity contribution in [2.24, 2.45) is 13.0 Å². The van der Waals surface area contributed by atoms with E-state index in [1.807, 2.05) is 25.2 Å². The lowest BCUT2D eigenvalue weighted by Crippen LogP contribution is -2.23. The highest BCUT2D eigenvalue weighted by Gasteiger charge is 2.33. The van der Waals surface area contributed by atoms with E-state index in [9.17, 15) is 13.2 Å². The van der Waals surface area contributed by atoms with Gasteiger partial charge >= 0.3 is 0 Å². The van der Waals surface area contributed by atoms with Crippen LogP contribution in [0.25, 0.3) is 11.0 Å². The van der Waals surface area contributed by atoms with Crippen LogP contribution in [0.4, 0.5) is 5.69 Å². The van der Waals surface area contributed by atoms with Crippen LogP contribution in [0.3, 0.4) is 0 Å². The highest BCUT2D eigenvalue weighted by Crippen LogP contribution is 2.27. The maximum atomic E-state index is 12.3. The normalized spacial score (nSPS) is 20.4. The number of hydrogen-bond donors (Lipinski definition) is 1. The minimum Gasteiger partial charge on any atom is -0.331 e. The lowest BCUT2D eigenvalue weighted by Gasteiger charge is -2.17. The molecule has 1 aromatic carbocycles. The number of carbonyl (C=O) groups excluding carboxylic acids is 1. The Labute approximate surface area is 142 Å². The quantitative estimate of drug-likeness (QED) is 0.901. The number of amides is 1. The predicted molar refractivity (Wildman–Crippen MR) is 94.8 cm³/mol. The van der Waals surface area contributed by atoms with Crippen molar-refractivity contribution in [3.05, 3.63) is 24.0 Å². The summed E-state index contributed by atoms with van der Waals surface area (Å²) in [6.45, 7) is 6.33. The van der Waals surface area contributed by atoms with Gasteiger partial charge in [0.15, 0.2) is 9.84 Å². The third kappa shape index (κ3) is 3.17. The number of anilines is 1. The summed E-state index contributed by atoms with van der Waals surface area (Å²) in [5.41, 5.74) is 2.39. The van der Waals surface area contributed by atoms with E-state index in [1.54, 1.807) is 0 Å². The summed E-state index contributed by atoms with van der Waals surface area (Å²) < 4.78 is 25.1. The van der Waals surface area contributed by atoms with Crippen molar-refractivity contribution >= 4 is 32.5 Å². The van der Waals surface area contributed by atoms with E-state index in [-0.39, 0.29) is 22.8 Å². The fraction of sp³-hybridized carbons (Fsp3) is 0.529. The van der Waals surface area contributed by atoms with Gasteiger partial charge in [-0.15, -0.1) is 0 Å². The summed E-state index contributed by atoms with van der Waals surface area (Å²) in [5.74, 6) is 0.322. The van der Waals surface area contributed by atoms with Crippen molar-refractivity contribution in [3.8, 4) is 0 Å². The number of aryl methyl sites for hydroxylation is 1. The van der Waals surface area contributed by atoms with Crippen LogP contribution in [0.15, 0.2) is 18.2 Å². The van der Waals surface area contributed by atoms with Gasteiger partial charge in [-0.1, -0.05) is 20.8 Å². The molecule has 0 unspecified atom stereocenters. The number of hydrogen-bond acceptors (Lipinski definition) is 4. The molecule has 6 nitrogen and oxygen atoms in total. The van der Waals surface area contributed by atoms with Crippen molar-refractivity contribution in [1.29, 1.82) is 0 Å². The predicted octanol–water partition coefficient (Wildman–Crippen LogP) is 2.24. The van der Waals surface area contributed by atoms with Crippen molar-refractivity contribution in [1.82, 2.24) is 9.55 Å². The number of carbonyl (C=O) groups is 1. The standard InChI is InChI=1S/C17H23N3O3S/c1-17(2,3)16-19-13-9-12(5-6-14(13)20(16)4)18-15(21)11-7-8-24(22,23)10-11/h5-6,9,11H,7-8,10H2,1-4H3,(H,18,21)/t11-/m1/s1. The molecule has 1 saturated heterocycles. The lowest BCUT2D eigenvalue weighted by molar-refractivity contribution is -0.119. The molecule has 1 aliphatic rings. The average Bonchev–Trinajstić information content (AvgIpc) is 2.99. The monoisotopic (exact) mass is 349 g/mol. The highest BCUT2D eigenvalue weighted by atomic mass is 32.2. The minimum atomic E-state index is -3.06. The van der Waals surface area contributed by atoms with E-state index >= 15 is 0 Å². The molecule has 0 saturated carbocycles. The fourth-order valence-electron chi connectivity index (χ4n) is 3.19. The van der Waals surface area contributed by atoms with Crippen molar-refractivity contribution in [2.75, 3.05) is 16.8 Å². The number of nitrogens with one attached hydrogen (secondary N) is 1. The summed E-state index contributed by atoms with van der Waals surface area (Å²) >= 11 is 0. The minimum absolute atomic E-state index is 0.0567. The average molecular weight is 349 g/mol. The van der Waals surface area contributed by atoms with Crippen LogP contribution in [-0.2, 0) is 27.1 Å². The molecular formula is C17H23N3O3S. The van der Waals surface area contributed by atoms with Gasteiger partial charge in [0.2, 0.25) is 5.91 Å². The third-order valence-electron chi connectivity index (χ3n) is 4.42. The summed E-state index contributed by atoms with van der Waals surface area (Å²) in [5, 5.41) is 2.83. The molecule has 7 heteroatoms. The van der Waals surface area contributed by atoms with Crippen molar-refractivity contribution in [2.45, 2.75) is 32.6 Å². The molecule has 0 aliphatic carbocycles. The topological polar surface area (TPSA) is 81.1 Å². The Morgan fingerprint density at radius 2 is 2.04 bits per heavy atom. The molecule has 0 spiro atoms. The Bertz CT molecular complexity index is 907. The Balaban J connectivity index is 1.85. The number of rotatable bonds is 2.